The quantitative estimate of drug-likeness (QED) is 0.305. The van der Waals surface area contributed by atoms with Crippen LogP contribution >= 0.6 is 0 Å². The van der Waals surface area contributed by atoms with Crippen molar-refractivity contribution in [2.24, 2.45) is 0 Å². The Balaban J connectivity index is 2.20. The lowest BCUT2D eigenvalue weighted by molar-refractivity contribution is -0.174. The van der Waals surface area contributed by atoms with Gasteiger partial charge in [-0.2, -0.15) is 13.2 Å². The smallest absolute Gasteiger partial charge is 0.386 e. The number of cyclic esters (lactones) is 4. The summed E-state index contributed by atoms with van der Waals surface area (Å²) in [5, 5.41) is 0. The van der Waals surface area contributed by atoms with Gasteiger partial charge in [-0.05, 0) is 18.6 Å². The van der Waals surface area contributed by atoms with Crippen LogP contribution in [0.1, 0.15) is 59.5 Å². The predicted molar refractivity (Wildman–Crippen MR) is 84.8 cm³/mol. The van der Waals surface area contributed by atoms with E-state index in [1.807, 2.05) is 0 Å². The average Bonchev–Trinajstić information content (AvgIpc) is 3.14. The van der Waals surface area contributed by atoms with Crippen LogP contribution in [0, 0.1) is 17.5 Å². The average molecular weight is 444 g/mol. The van der Waals surface area contributed by atoms with Crippen LogP contribution in [0.4, 0.5) is 26.3 Å². The summed E-state index contributed by atoms with van der Waals surface area (Å²) in [6.45, 7) is 0.283. The predicted octanol–water partition coefficient (Wildman–Crippen LogP) is 3.59. The summed E-state index contributed by atoms with van der Waals surface area (Å²) < 4.78 is 94.8. The van der Waals surface area contributed by atoms with Gasteiger partial charge in [0.15, 0.2) is 17.5 Å². The maximum absolute atomic E-state index is 14.8. The molecule has 12 heteroatoms. The number of hydrogen-bond donors (Lipinski definition) is 0. The molecule has 0 fully saturated rings. The first-order chi connectivity index (χ1) is 14.3. The third-order valence-corrected chi connectivity index (χ3v) is 5.20. The number of fused-ring (bicyclic) bond motifs is 2. The molecule has 0 N–H and O–H groups in total. The fourth-order valence-electron chi connectivity index (χ4n) is 3.69. The van der Waals surface area contributed by atoms with Crippen LogP contribution in [-0.4, -0.2) is 30.1 Å². The second kappa shape index (κ2) is 6.15. The number of alkyl halides is 3. The maximum Gasteiger partial charge on any atom is 0.402 e. The summed E-state index contributed by atoms with van der Waals surface area (Å²) in [5.74, 6) is -13.5. The van der Waals surface area contributed by atoms with Gasteiger partial charge in [0.05, 0.1) is 16.7 Å². The molecule has 2 aliphatic heterocycles. The van der Waals surface area contributed by atoms with Crippen LogP contribution in [0.25, 0.3) is 0 Å². The highest BCUT2D eigenvalue weighted by molar-refractivity contribution is 6.17. The number of benzene rings is 2. The molecule has 1 atom stereocenters. The van der Waals surface area contributed by atoms with Gasteiger partial charge in [0.25, 0.3) is 0 Å². The molecule has 31 heavy (non-hydrogen) atoms. The van der Waals surface area contributed by atoms with Crippen molar-refractivity contribution in [2.45, 2.75) is 18.5 Å². The van der Waals surface area contributed by atoms with Crippen LogP contribution in [0.5, 0.6) is 0 Å². The Hall–Kier alpha value is -3.70. The molecule has 0 saturated heterocycles. The Morgan fingerprint density at radius 3 is 1.87 bits per heavy atom. The Morgan fingerprint density at radius 1 is 0.710 bits per heavy atom. The van der Waals surface area contributed by atoms with Crippen molar-refractivity contribution >= 4 is 23.9 Å². The molecule has 0 saturated carbocycles. The standard InChI is InChI=1S/C19H6F6O6/c1-18(19(23,24)25,6-4-2-3-5-7(6)15(27)30-14(5)26)10-8-9(17(29)31-16(8)28)11(20)13(22)12(10)21/h2-4H,1H3. The molecule has 0 aromatic heterocycles. The summed E-state index contributed by atoms with van der Waals surface area (Å²) in [7, 11) is 0. The third kappa shape index (κ3) is 2.47. The zero-order valence-electron chi connectivity index (χ0n) is 14.9. The van der Waals surface area contributed by atoms with Crippen LogP contribution < -0.4 is 0 Å². The number of hydrogen-bond acceptors (Lipinski definition) is 6. The van der Waals surface area contributed by atoms with Crippen LogP contribution in [-0.2, 0) is 14.9 Å². The molecule has 0 amide bonds. The van der Waals surface area contributed by atoms with Gasteiger partial charge >= 0.3 is 30.1 Å². The molecular weight excluding hydrogens is 438 g/mol. The van der Waals surface area contributed by atoms with Crippen molar-refractivity contribution < 1.29 is 55.0 Å². The lowest BCUT2D eigenvalue weighted by Crippen LogP contribution is -2.44. The van der Waals surface area contributed by atoms with E-state index in [0.717, 1.165) is 12.1 Å². The second-order valence-corrected chi connectivity index (χ2v) is 6.77. The summed E-state index contributed by atoms with van der Waals surface area (Å²) in [4.78, 5) is 47.6. The van der Waals surface area contributed by atoms with Gasteiger partial charge in [0.2, 0.25) is 0 Å². The van der Waals surface area contributed by atoms with E-state index in [2.05, 4.69) is 9.47 Å². The Bertz CT molecular complexity index is 1250. The molecule has 2 aliphatic rings. The fraction of sp³-hybridized carbons (Fsp3) is 0.158. The van der Waals surface area contributed by atoms with Crippen molar-refractivity contribution in [1.29, 1.82) is 0 Å². The number of rotatable bonds is 2. The summed E-state index contributed by atoms with van der Waals surface area (Å²) >= 11 is 0. The van der Waals surface area contributed by atoms with Gasteiger partial charge in [-0.1, -0.05) is 12.1 Å². The van der Waals surface area contributed by atoms with Crippen molar-refractivity contribution in [3.63, 3.8) is 0 Å². The van der Waals surface area contributed by atoms with E-state index in [0.29, 0.717) is 6.07 Å². The normalized spacial score (nSPS) is 17.3. The van der Waals surface area contributed by atoms with E-state index < -0.39 is 86.3 Å². The lowest BCUT2D eigenvalue weighted by Gasteiger charge is -2.35. The largest absolute Gasteiger partial charge is 0.402 e. The topological polar surface area (TPSA) is 86.7 Å². The molecule has 4 rings (SSSR count). The van der Waals surface area contributed by atoms with E-state index in [1.165, 1.54) is 0 Å². The Kier molecular flexibility index (Phi) is 4.08. The summed E-state index contributed by atoms with van der Waals surface area (Å²) in [5.41, 5.74) is -11.0. The molecule has 160 valence electrons. The SMILES string of the molecule is CC(c1cccc2c1C(=O)OC2=O)(c1c(F)c(F)c(F)c2c1C(=O)OC2=O)C(F)(F)F. The first-order valence-electron chi connectivity index (χ1n) is 8.26. The molecule has 2 aromatic rings. The highest BCUT2D eigenvalue weighted by Gasteiger charge is 2.60. The second-order valence-electron chi connectivity index (χ2n) is 6.77. The van der Waals surface area contributed by atoms with Gasteiger partial charge in [-0.3, -0.25) is 0 Å². The van der Waals surface area contributed by atoms with Crippen molar-refractivity contribution in [1.82, 2.24) is 0 Å². The van der Waals surface area contributed by atoms with Crippen LogP contribution in [0.2, 0.25) is 0 Å². The Labute approximate surface area is 167 Å². The molecule has 0 spiro atoms. The zero-order valence-corrected chi connectivity index (χ0v) is 14.9. The number of ether oxygens (including phenoxy) is 2. The van der Waals surface area contributed by atoms with Crippen molar-refractivity contribution in [2.75, 3.05) is 0 Å². The maximum atomic E-state index is 14.8. The number of esters is 4. The van der Waals surface area contributed by atoms with Gasteiger partial charge in [0.1, 0.15) is 11.0 Å². The van der Waals surface area contributed by atoms with Crippen LogP contribution in [0.3, 0.4) is 0 Å². The number of carbonyl (C=O) groups is 4. The molecule has 0 bridgehead atoms. The molecule has 0 aliphatic carbocycles. The summed E-state index contributed by atoms with van der Waals surface area (Å²) in [6, 6.07) is 2.56. The monoisotopic (exact) mass is 444 g/mol. The molecule has 1 unspecified atom stereocenters. The van der Waals surface area contributed by atoms with E-state index in [-0.39, 0.29) is 6.92 Å². The molecular formula is C19H6F6O6. The fourth-order valence-corrected chi connectivity index (χ4v) is 3.69. The minimum Gasteiger partial charge on any atom is -0.386 e. The van der Waals surface area contributed by atoms with Crippen LogP contribution in [0.15, 0.2) is 18.2 Å². The van der Waals surface area contributed by atoms with Gasteiger partial charge in [-0.15, -0.1) is 0 Å². The van der Waals surface area contributed by atoms with Gasteiger partial charge in [0, 0.05) is 5.56 Å². The van der Waals surface area contributed by atoms with E-state index >= 15 is 0 Å². The van der Waals surface area contributed by atoms with Gasteiger partial charge in [-0.25, -0.2) is 32.3 Å². The number of halogens is 6. The van der Waals surface area contributed by atoms with E-state index in [4.69, 9.17) is 0 Å². The number of carbonyl (C=O) groups excluding carboxylic acids is 4. The van der Waals surface area contributed by atoms with Gasteiger partial charge < -0.3 is 9.47 Å². The van der Waals surface area contributed by atoms with Crippen molar-refractivity contribution in [3.05, 3.63) is 69.0 Å². The van der Waals surface area contributed by atoms with E-state index in [1.54, 1.807) is 0 Å². The van der Waals surface area contributed by atoms with E-state index in [9.17, 15) is 45.5 Å². The Morgan fingerprint density at radius 2 is 1.26 bits per heavy atom. The molecule has 2 aromatic carbocycles. The zero-order chi connectivity index (χ0) is 23.0. The molecule has 2 heterocycles. The first kappa shape index (κ1) is 20.6. The van der Waals surface area contributed by atoms with Crippen molar-refractivity contribution in [3.8, 4) is 0 Å². The third-order valence-electron chi connectivity index (χ3n) is 5.20. The minimum absolute atomic E-state index is 0.283. The summed E-state index contributed by atoms with van der Waals surface area (Å²) in [6.07, 6.45) is -5.56. The lowest BCUT2D eigenvalue weighted by atomic mass is 9.70. The minimum atomic E-state index is -5.56. The molecule has 0 radical (unpaired) electrons. The highest BCUT2D eigenvalue weighted by atomic mass is 19.4. The first-order valence-corrected chi connectivity index (χ1v) is 8.26. The molecule has 6 nitrogen and oxygen atoms in total. The highest BCUT2D eigenvalue weighted by Crippen LogP contribution is 2.52.